The Bertz CT molecular complexity index is 1250. The quantitative estimate of drug-likeness (QED) is 0.257. The molecule has 2 N–H and O–H groups in total. The summed E-state index contributed by atoms with van der Waals surface area (Å²) in [6.07, 6.45) is 0.464. The van der Waals surface area contributed by atoms with Gasteiger partial charge in [-0.05, 0) is 18.9 Å². The topological polar surface area (TPSA) is 118 Å². The fraction of sp³-hybridized carbons (Fsp3) is 0.136. The number of nitrogens with zero attached hydrogens (tertiary/aromatic N) is 3. The van der Waals surface area contributed by atoms with Gasteiger partial charge < -0.3 is 10.4 Å². The molecule has 0 saturated heterocycles. The number of nitrogens with one attached hydrogen (secondary N) is 1. The van der Waals surface area contributed by atoms with Gasteiger partial charge in [-0.2, -0.15) is 0 Å². The van der Waals surface area contributed by atoms with Gasteiger partial charge in [-0.25, -0.2) is 14.8 Å². The van der Waals surface area contributed by atoms with Gasteiger partial charge in [0.15, 0.2) is 5.69 Å². The third-order valence-electron chi connectivity index (χ3n) is 4.73. The Balaban J connectivity index is 1.67. The van der Waals surface area contributed by atoms with Gasteiger partial charge >= 0.3 is 5.97 Å². The third-order valence-corrected chi connectivity index (χ3v) is 6.54. The van der Waals surface area contributed by atoms with Crippen molar-refractivity contribution in [2.75, 3.05) is 5.32 Å². The lowest BCUT2D eigenvalue weighted by Crippen LogP contribution is -2.15. The molecular weight excluding hydrogens is 448 g/mol. The minimum atomic E-state index is -1.10. The fourth-order valence-corrected chi connectivity index (χ4v) is 4.95. The summed E-state index contributed by atoms with van der Waals surface area (Å²) in [6.45, 7) is 1.75. The van der Waals surface area contributed by atoms with E-state index < -0.39 is 10.9 Å². The van der Waals surface area contributed by atoms with E-state index in [-0.39, 0.29) is 17.4 Å². The number of hydrogen-bond donors (Lipinski definition) is 2. The van der Waals surface area contributed by atoms with Gasteiger partial charge in [0, 0.05) is 23.1 Å². The van der Waals surface area contributed by atoms with Crippen LogP contribution in [0.15, 0.2) is 60.0 Å². The van der Waals surface area contributed by atoms with E-state index in [2.05, 4.69) is 10.3 Å². The maximum atomic E-state index is 11.6. The number of aryl methyl sites for hydroxylation is 1. The largest absolute Gasteiger partial charge is 0.476 e. The first-order chi connectivity index (χ1) is 15.4. The second kappa shape index (κ2) is 9.25. The lowest BCUT2D eigenvalue weighted by Gasteiger charge is -2.17. The summed E-state index contributed by atoms with van der Waals surface area (Å²) in [4.78, 5) is 31.0. The first-order valence-electron chi connectivity index (χ1n) is 9.62. The van der Waals surface area contributed by atoms with Crippen LogP contribution in [0.4, 0.5) is 10.7 Å². The van der Waals surface area contributed by atoms with Crippen LogP contribution >= 0.6 is 22.7 Å². The zero-order chi connectivity index (χ0) is 22.7. The molecule has 4 rings (SSSR count). The summed E-state index contributed by atoms with van der Waals surface area (Å²) in [5, 5.41) is 27.7. The van der Waals surface area contributed by atoms with E-state index in [9.17, 15) is 20.0 Å². The number of non-ortho nitro benzene ring substituents is 1. The highest BCUT2D eigenvalue weighted by Gasteiger charge is 2.23. The summed E-state index contributed by atoms with van der Waals surface area (Å²) in [6, 6.07) is 15.8. The van der Waals surface area contributed by atoms with E-state index >= 15 is 0 Å². The van der Waals surface area contributed by atoms with Gasteiger partial charge in [0.2, 0.25) is 0 Å². The zero-order valence-corrected chi connectivity index (χ0v) is 18.5. The Morgan fingerprint density at radius 3 is 2.53 bits per heavy atom. The number of carboxylic acid groups (broad SMARTS) is 1. The molecule has 10 heteroatoms. The third kappa shape index (κ3) is 4.82. The van der Waals surface area contributed by atoms with Crippen LogP contribution in [-0.2, 0) is 6.42 Å². The number of aromatic carboxylic acids is 1. The van der Waals surface area contributed by atoms with Crippen molar-refractivity contribution in [3.05, 3.63) is 92.1 Å². The summed E-state index contributed by atoms with van der Waals surface area (Å²) < 4.78 is 0. The maximum Gasteiger partial charge on any atom is 0.357 e. The van der Waals surface area contributed by atoms with Crippen LogP contribution in [0.2, 0.25) is 0 Å². The molecule has 4 aromatic rings. The number of thiazole rings is 2. The molecule has 0 radical (unpaired) electrons. The van der Waals surface area contributed by atoms with Crippen LogP contribution in [0.3, 0.4) is 0 Å². The monoisotopic (exact) mass is 466 g/mol. The van der Waals surface area contributed by atoms with Crippen molar-refractivity contribution >= 4 is 39.3 Å². The summed E-state index contributed by atoms with van der Waals surface area (Å²) in [7, 11) is 0. The molecule has 8 nitrogen and oxygen atoms in total. The number of nitro benzene ring substituents is 1. The number of hydrogen-bond acceptors (Lipinski definition) is 8. The molecule has 32 heavy (non-hydrogen) atoms. The molecule has 0 aliphatic heterocycles. The molecule has 0 bridgehead atoms. The number of anilines is 1. The molecule has 0 aliphatic carbocycles. The molecule has 2 heterocycles. The summed E-state index contributed by atoms with van der Waals surface area (Å²) >= 11 is 2.77. The van der Waals surface area contributed by atoms with Crippen molar-refractivity contribution in [1.29, 1.82) is 0 Å². The average molecular weight is 467 g/mol. The molecular formula is C22H18N4O4S2. The first-order valence-corrected chi connectivity index (χ1v) is 11.3. The van der Waals surface area contributed by atoms with Crippen LogP contribution in [-0.4, -0.2) is 26.0 Å². The van der Waals surface area contributed by atoms with Gasteiger partial charge in [0.25, 0.3) is 5.69 Å². The number of carbonyl (C=O) groups is 1. The molecule has 0 amide bonds. The van der Waals surface area contributed by atoms with Crippen molar-refractivity contribution in [3.63, 3.8) is 0 Å². The lowest BCUT2D eigenvalue weighted by molar-refractivity contribution is -0.384. The molecule has 2 aromatic carbocycles. The lowest BCUT2D eigenvalue weighted by atomic mass is 10.0. The van der Waals surface area contributed by atoms with Crippen molar-refractivity contribution in [2.24, 2.45) is 0 Å². The molecule has 1 atom stereocenters. The molecule has 162 valence electrons. The zero-order valence-electron chi connectivity index (χ0n) is 16.9. The normalized spacial score (nSPS) is 11.8. The fourth-order valence-electron chi connectivity index (χ4n) is 3.21. The van der Waals surface area contributed by atoms with Crippen molar-refractivity contribution in [2.45, 2.75) is 19.4 Å². The highest BCUT2D eigenvalue weighted by atomic mass is 32.1. The van der Waals surface area contributed by atoms with E-state index in [1.54, 1.807) is 19.1 Å². The minimum absolute atomic E-state index is 0.0181. The van der Waals surface area contributed by atoms with Crippen LogP contribution in [0, 0.1) is 17.0 Å². The second-order valence-electron chi connectivity index (χ2n) is 6.98. The predicted octanol–water partition coefficient (Wildman–Crippen LogP) is 5.58. The van der Waals surface area contributed by atoms with Crippen LogP contribution < -0.4 is 5.32 Å². The number of aromatic nitrogens is 2. The van der Waals surface area contributed by atoms with E-state index in [1.807, 2.05) is 35.7 Å². The van der Waals surface area contributed by atoms with Crippen LogP contribution in [0.25, 0.3) is 10.6 Å². The summed E-state index contributed by atoms with van der Waals surface area (Å²) in [5.74, 6) is -1.10. The van der Waals surface area contributed by atoms with Gasteiger partial charge in [0.05, 0.1) is 21.7 Å². The molecule has 0 aliphatic rings. The smallest absolute Gasteiger partial charge is 0.357 e. The second-order valence-corrected chi connectivity index (χ2v) is 9.05. The molecule has 0 fully saturated rings. The van der Waals surface area contributed by atoms with Gasteiger partial charge in [-0.3, -0.25) is 10.1 Å². The van der Waals surface area contributed by atoms with E-state index in [0.717, 1.165) is 21.8 Å². The molecule has 0 saturated carbocycles. The highest BCUT2D eigenvalue weighted by molar-refractivity contribution is 7.16. The van der Waals surface area contributed by atoms with Gasteiger partial charge in [0.1, 0.15) is 10.0 Å². The van der Waals surface area contributed by atoms with E-state index in [1.165, 1.54) is 34.8 Å². The average Bonchev–Trinajstić information content (AvgIpc) is 3.41. The SMILES string of the molecule is Cc1nc(C(=O)O)c(NC(Cc2ccc([N+](=O)[O-])cc2)c2csc(-c3ccccc3)n2)s1. The maximum absolute atomic E-state index is 11.6. The Kier molecular flexibility index (Phi) is 6.24. The minimum Gasteiger partial charge on any atom is -0.476 e. The summed E-state index contributed by atoms with van der Waals surface area (Å²) in [5.41, 5.74) is 2.61. The van der Waals surface area contributed by atoms with Crippen LogP contribution in [0.5, 0.6) is 0 Å². The number of carboxylic acids is 1. The van der Waals surface area contributed by atoms with Crippen molar-refractivity contribution in [1.82, 2.24) is 9.97 Å². The Morgan fingerprint density at radius 1 is 1.16 bits per heavy atom. The number of nitro groups is 1. The van der Waals surface area contributed by atoms with Gasteiger partial charge in [-0.15, -0.1) is 22.7 Å². The van der Waals surface area contributed by atoms with Crippen molar-refractivity contribution < 1.29 is 14.8 Å². The van der Waals surface area contributed by atoms with E-state index in [0.29, 0.717) is 16.4 Å². The molecule has 1 unspecified atom stereocenters. The predicted molar refractivity (Wildman–Crippen MR) is 125 cm³/mol. The van der Waals surface area contributed by atoms with E-state index in [4.69, 9.17) is 4.98 Å². The Hall–Kier alpha value is -3.63. The van der Waals surface area contributed by atoms with Crippen molar-refractivity contribution in [3.8, 4) is 10.6 Å². The number of rotatable bonds is 8. The number of benzene rings is 2. The molecule has 2 aromatic heterocycles. The van der Waals surface area contributed by atoms with Crippen LogP contribution in [0.1, 0.15) is 32.8 Å². The Morgan fingerprint density at radius 2 is 1.88 bits per heavy atom. The molecule has 0 spiro atoms. The standard InChI is InChI=1S/C22H18N4O4S2/c1-13-23-19(22(27)28)21(32-13)24-17(11-14-7-9-16(10-8-14)26(29)30)18-12-31-20(25-18)15-5-3-2-4-6-15/h2-10,12,17,24H,11H2,1H3,(H,27,28). The first kappa shape index (κ1) is 21.6. The highest BCUT2D eigenvalue weighted by Crippen LogP contribution is 2.33. The van der Waals surface area contributed by atoms with Gasteiger partial charge in [-0.1, -0.05) is 42.5 Å². The Labute approximate surface area is 191 Å².